The lowest BCUT2D eigenvalue weighted by molar-refractivity contribution is -0.128. The van der Waals surface area contributed by atoms with E-state index in [0.717, 1.165) is 16.7 Å². The average molecular weight is 305 g/mol. The monoisotopic (exact) mass is 304 g/mol. The largest absolute Gasteiger partial charge is 0.497 e. The van der Waals surface area contributed by atoms with E-state index in [-0.39, 0.29) is 12.4 Å². The normalized spacial score (nSPS) is 8.79. The molecule has 0 amide bonds. The molecular weight excluding hydrogens is 291 g/mol. The number of nitrogens with zero attached hydrogens (tertiary/aromatic N) is 2. The topological polar surface area (TPSA) is 61.3 Å². The van der Waals surface area contributed by atoms with E-state index in [1.807, 2.05) is 18.2 Å². The van der Waals surface area contributed by atoms with Crippen molar-refractivity contribution in [2.24, 2.45) is 0 Å². The SMILES string of the molecule is CCOC=O.COc1ccc2c(Cl)ncnc2c1.Cl. The number of benzene rings is 1. The van der Waals surface area contributed by atoms with Gasteiger partial charge in [-0.05, 0) is 19.1 Å². The van der Waals surface area contributed by atoms with E-state index in [2.05, 4.69) is 14.7 Å². The zero-order valence-corrected chi connectivity index (χ0v) is 12.1. The van der Waals surface area contributed by atoms with Gasteiger partial charge in [0.1, 0.15) is 17.2 Å². The molecule has 0 bridgehead atoms. The smallest absolute Gasteiger partial charge is 0.293 e. The molecule has 0 saturated carbocycles. The highest BCUT2D eigenvalue weighted by Crippen LogP contribution is 2.22. The third kappa shape index (κ3) is 5.28. The first-order valence-corrected chi connectivity index (χ1v) is 5.60. The third-order valence-electron chi connectivity index (χ3n) is 2.03. The first-order valence-electron chi connectivity index (χ1n) is 5.22. The van der Waals surface area contributed by atoms with Gasteiger partial charge in [0.25, 0.3) is 6.47 Å². The molecule has 2 aromatic rings. The van der Waals surface area contributed by atoms with Crippen molar-refractivity contribution in [2.45, 2.75) is 6.92 Å². The molecule has 0 aliphatic carbocycles. The van der Waals surface area contributed by atoms with Gasteiger partial charge in [0.2, 0.25) is 0 Å². The van der Waals surface area contributed by atoms with Crippen molar-refractivity contribution >= 4 is 41.4 Å². The lowest BCUT2D eigenvalue weighted by Gasteiger charge is -2.01. The summed E-state index contributed by atoms with van der Waals surface area (Å²) in [6.07, 6.45) is 1.43. The van der Waals surface area contributed by atoms with Crippen LogP contribution < -0.4 is 4.74 Å². The fourth-order valence-electron chi connectivity index (χ4n) is 1.20. The molecule has 19 heavy (non-hydrogen) atoms. The van der Waals surface area contributed by atoms with Gasteiger partial charge in [-0.25, -0.2) is 9.97 Å². The molecule has 0 saturated heterocycles. The maximum atomic E-state index is 9.18. The highest BCUT2D eigenvalue weighted by Gasteiger charge is 2.01. The van der Waals surface area contributed by atoms with E-state index >= 15 is 0 Å². The lowest BCUT2D eigenvalue weighted by Crippen LogP contribution is -1.86. The number of carbonyl (C=O) groups excluding carboxylic acids is 1. The van der Waals surface area contributed by atoms with E-state index < -0.39 is 0 Å². The molecule has 0 aliphatic rings. The van der Waals surface area contributed by atoms with Crippen LogP contribution >= 0.6 is 24.0 Å². The molecule has 1 heterocycles. The minimum absolute atomic E-state index is 0. The summed E-state index contributed by atoms with van der Waals surface area (Å²) in [5, 5.41) is 1.30. The predicted octanol–water partition coefficient (Wildman–Crippen LogP) is 2.89. The van der Waals surface area contributed by atoms with E-state index in [9.17, 15) is 4.79 Å². The van der Waals surface area contributed by atoms with Crippen molar-refractivity contribution in [3.63, 3.8) is 0 Å². The standard InChI is InChI=1S/C9H7ClN2O.C3H6O2.ClH/c1-13-6-2-3-7-8(4-6)11-5-12-9(7)10;1-2-5-3-4;/h2-5H,1H3;3H,2H2,1H3;1H. The van der Waals surface area contributed by atoms with Gasteiger partial charge in [0.05, 0.1) is 19.2 Å². The lowest BCUT2D eigenvalue weighted by atomic mass is 10.2. The second-order valence-electron chi connectivity index (χ2n) is 3.10. The molecule has 0 radical (unpaired) electrons. The zero-order valence-electron chi connectivity index (χ0n) is 10.5. The quantitative estimate of drug-likeness (QED) is 0.644. The number of carbonyl (C=O) groups is 1. The maximum Gasteiger partial charge on any atom is 0.293 e. The van der Waals surface area contributed by atoms with Crippen LogP contribution in [0, 0.1) is 0 Å². The Balaban J connectivity index is 0.000000471. The summed E-state index contributed by atoms with van der Waals surface area (Å²) in [5.74, 6) is 0.766. The molecule has 0 fully saturated rings. The summed E-state index contributed by atoms with van der Waals surface area (Å²) in [7, 11) is 1.62. The number of hydrogen-bond acceptors (Lipinski definition) is 5. The van der Waals surface area contributed by atoms with Gasteiger partial charge in [-0.3, -0.25) is 4.79 Å². The van der Waals surface area contributed by atoms with Gasteiger partial charge in [0.15, 0.2) is 0 Å². The summed E-state index contributed by atoms with van der Waals surface area (Å²) in [6, 6.07) is 5.50. The minimum atomic E-state index is 0. The van der Waals surface area contributed by atoms with Crippen molar-refractivity contribution in [1.29, 1.82) is 0 Å². The van der Waals surface area contributed by atoms with E-state index in [1.54, 1.807) is 14.0 Å². The van der Waals surface area contributed by atoms with E-state index in [4.69, 9.17) is 16.3 Å². The molecule has 0 aliphatic heterocycles. The highest BCUT2D eigenvalue weighted by atomic mass is 35.5. The Kier molecular flexibility index (Phi) is 8.57. The number of aromatic nitrogens is 2. The van der Waals surface area contributed by atoms with Gasteiger partial charge in [-0.1, -0.05) is 11.6 Å². The summed E-state index contributed by atoms with van der Waals surface area (Å²) < 4.78 is 9.21. The van der Waals surface area contributed by atoms with Crippen molar-refractivity contribution in [3.05, 3.63) is 29.7 Å². The van der Waals surface area contributed by atoms with Gasteiger partial charge >= 0.3 is 0 Å². The van der Waals surface area contributed by atoms with E-state index in [0.29, 0.717) is 18.2 Å². The molecule has 0 N–H and O–H groups in total. The first kappa shape index (κ1) is 17.4. The molecule has 1 aromatic heterocycles. The fourth-order valence-corrected chi connectivity index (χ4v) is 1.40. The Bertz CT molecular complexity index is 523. The second kappa shape index (κ2) is 9.35. The third-order valence-corrected chi connectivity index (χ3v) is 2.33. The van der Waals surface area contributed by atoms with Crippen LogP contribution in [0.1, 0.15) is 6.92 Å². The van der Waals surface area contributed by atoms with Crippen LogP contribution in [0.4, 0.5) is 0 Å². The summed E-state index contributed by atoms with van der Waals surface area (Å²) in [6.45, 7) is 2.66. The Hall–Kier alpha value is -1.59. The van der Waals surface area contributed by atoms with Gasteiger partial charge in [0, 0.05) is 11.5 Å². The maximum absolute atomic E-state index is 9.18. The zero-order chi connectivity index (χ0) is 13.4. The number of rotatable bonds is 3. The Morgan fingerprint density at radius 1 is 1.37 bits per heavy atom. The van der Waals surface area contributed by atoms with Crippen molar-refractivity contribution in [2.75, 3.05) is 13.7 Å². The van der Waals surface area contributed by atoms with Crippen LogP contribution in [0.2, 0.25) is 5.15 Å². The molecule has 7 heteroatoms. The Labute approximate surface area is 122 Å². The second-order valence-corrected chi connectivity index (χ2v) is 3.46. The summed E-state index contributed by atoms with van der Waals surface area (Å²) in [5.41, 5.74) is 0.791. The summed E-state index contributed by atoms with van der Waals surface area (Å²) >= 11 is 5.86. The Morgan fingerprint density at radius 2 is 2.11 bits per heavy atom. The number of halogens is 2. The van der Waals surface area contributed by atoms with Crippen molar-refractivity contribution in [1.82, 2.24) is 9.97 Å². The Morgan fingerprint density at radius 3 is 2.63 bits per heavy atom. The van der Waals surface area contributed by atoms with Crippen LogP contribution in [0.25, 0.3) is 10.9 Å². The number of fused-ring (bicyclic) bond motifs is 1. The summed E-state index contributed by atoms with van der Waals surface area (Å²) in [4.78, 5) is 17.1. The minimum Gasteiger partial charge on any atom is -0.497 e. The van der Waals surface area contributed by atoms with Crippen LogP contribution in [-0.2, 0) is 9.53 Å². The molecule has 0 spiro atoms. The number of hydrogen-bond donors (Lipinski definition) is 0. The number of methoxy groups -OCH3 is 1. The molecule has 2 rings (SSSR count). The van der Waals surface area contributed by atoms with Crippen molar-refractivity contribution < 1.29 is 14.3 Å². The van der Waals surface area contributed by atoms with Crippen LogP contribution in [-0.4, -0.2) is 30.2 Å². The molecule has 0 unspecified atom stereocenters. The molecular formula is C12H14Cl2N2O3. The van der Waals surface area contributed by atoms with Gasteiger partial charge in [-0.2, -0.15) is 0 Å². The van der Waals surface area contributed by atoms with Crippen LogP contribution in [0.15, 0.2) is 24.5 Å². The number of ether oxygens (including phenoxy) is 2. The van der Waals surface area contributed by atoms with Gasteiger partial charge in [-0.15, -0.1) is 12.4 Å². The van der Waals surface area contributed by atoms with Crippen LogP contribution in [0.3, 0.4) is 0 Å². The van der Waals surface area contributed by atoms with Gasteiger partial charge < -0.3 is 9.47 Å². The molecule has 1 aromatic carbocycles. The van der Waals surface area contributed by atoms with Crippen molar-refractivity contribution in [3.8, 4) is 5.75 Å². The first-order chi connectivity index (χ1) is 8.72. The molecule has 0 atom stereocenters. The fraction of sp³-hybridized carbons (Fsp3) is 0.250. The van der Waals surface area contributed by atoms with Crippen LogP contribution in [0.5, 0.6) is 5.75 Å². The average Bonchev–Trinajstić information content (AvgIpc) is 2.40. The highest BCUT2D eigenvalue weighted by molar-refractivity contribution is 6.34. The predicted molar refractivity (Wildman–Crippen MR) is 76.0 cm³/mol. The molecule has 5 nitrogen and oxygen atoms in total. The molecule has 104 valence electrons. The van der Waals surface area contributed by atoms with E-state index in [1.165, 1.54) is 6.33 Å².